The summed E-state index contributed by atoms with van der Waals surface area (Å²) in [7, 11) is 0. The van der Waals surface area contributed by atoms with Gasteiger partial charge in [-0.3, -0.25) is 4.40 Å². The van der Waals surface area contributed by atoms with Gasteiger partial charge in [-0.25, -0.2) is 9.37 Å². The number of hydrogen-bond donors (Lipinski definition) is 0. The van der Waals surface area contributed by atoms with Crippen molar-refractivity contribution < 1.29 is 4.39 Å². The summed E-state index contributed by atoms with van der Waals surface area (Å²) in [5.74, 6) is 2.02. The summed E-state index contributed by atoms with van der Waals surface area (Å²) in [4.78, 5) is 6.93. The number of piperidine rings is 1. The van der Waals surface area contributed by atoms with Crippen LogP contribution in [0.15, 0.2) is 53.1 Å². The van der Waals surface area contributed by atoms with Crippen molar-refractivity contribution in [2.45, 2.75) is 18.8 Å². The van der Waals surface area contributed by atoms with Gasteiger partial charge in [0.2, 0.25) is 0 Å². The number of aromatic nitrogens is 4. The quantitative estimate of drug-likeness (QED) is 0.472. The Morgan fingerprint density at radius 3 is 2.74 bits per heavy atom. The number of benzene rings is 1. The first kappa shape index (κ1) is 16.6. The van der Waals surface area contributed by atoms with E-state index in [2.05, 4.69) is 40.4 Å². The van der Waals surface area contributed by atoms with Crippen molar-refractivity contribution in [3.05, 3.63) is 64.8 Å². The highest BCUT2D eigenvalue weighted by Gasteiger charge is 2.25. The first-order valence-corrected chi connectivity index (χ1v) is 9.79. The second-order valence-corrected chi connectivity index (χ2v) is 7.73. The molecule has 0 N–H and O–H groups in total. The molecular formula is C20H17BrFN5. The summed E-state index contributed by atoms with van der Waals surface area (Å²) in [6, 6.07) is 13.2. The molecule has 1 aliphatic rings. The molecule has 5 nitrogen and oxygen atoms in total. The number of hydrogen-bond acceptors (Lipinski definition) is 4. The van der Waals surface area contributed by atoms with Gasteiger partial charge >= 0.3 is 0 Å². The predicted octanol–water partition coefficient (Wildman–Crippen LogP) is 4.56. The Bertz CT molecular complexity index is 1130. The highest BCUT2D eigenvalue weighted by molar-refractivity contribution is 9.10. The van der Waals surface area contributed by atoms with Crippen LogP contribution in [0.25, 0.3) is 16.6 Å². The summed E-state index contributed by atoms with van der Waals surface area (Å²) in [5.41, 5.74) is 1.57. The normalized spacial score (nSPS) is 15.7. The lowest BCUT2D eigenvalue weighted by Gasteiger charge is -2.32. The van der Waals surface area contributed by atoms with Crippen LogP contribution in [-0.2, 0) is 0 Å². The number of pyridine rings is 2. The zero-order valence-corrected chi connectivity index (χ0v) is 16.1. The third-order valence-corrected chi connectivity index (χ3v) is 5.85. The molecule has 1 saturated heterocycles. The molecule has 1 aromatic carbocycles. The molecule has 27 heavy (non-hydrogen) atoms. The van der Waals surface area contributed by atoms with E-state index in [-0.39, 0.29) is 5.82 Å². The Labute approximate surface area is 164 Å². The van der Waals surface area contributed by atoms with Crippen LogP contribution in [0, 0.1) is 5.82 Å². The third kappa shape index (κ3) is 2.96. The van der Waals surface area contributed by atoms with Crippen LogP contribution in [0.2, 0.25) is 0 Å². The molecule has 4 heterocycles. The average molecular weight is 426 g/mol. The summed E-state index contributed by atoms with van der Waals surface area (Å²) in [6.07, 6.45) is 4.00. The molecular weight excluding hydrogens is 409 g/mol. The molecule has 1 aliphatic heterocycles. The maximum Gasteiger partial charge on any atom is 0.160 e. The molecule has 0 unspecified atom stereocenters. The first-order chi connectivity index (χ1) is 13.2. The van der Waals surface area contributed by atoms with E-state index in [9.17, 15) is 4.39 Å². The fraction of sp³-hybridized carbons (Fsp3) is 0.250. The van der Waals surface area contributed by atoms with Crippen molar-refractivity contribution in [3.8, 4) is 0 Å². The van der Waals surface area contributed by atoms with Crippen molar-refractivity contribution in [1.29, 1.82) is 0 Å². The van der Waals surface area contributed by atoms with Gasteiger partial charge in [0, 0.05) is 36.7 Å². The summed E-state index contributed by atoms with van der Waals surface area (Å²) < 4.78 is 16.4. The largest absolute Gasteiger partial charge is 0.357 e. The van der Waals surface area contributed by atoms with Gasteiger partial charge in [-0.05, 0) is 59.1 Å². The van der Waals surface area contributed by atoms with Gasteiger partial charge in [0.15, 0.2) is 5.65 Å². The SMILES string of the molecule is Fc1cc2nc(N3CCC(c4nnc5ccccn45)CC3)ccc2cc1Br. The molecule has 4 aromatic rings. The zero-order chi connectivity index (χ0) is 18.4. The Kier molecular flexibility index (Phi) is 4.04. The zero-order valence-electron chi connectivity index (χ0n) is 14.5. The molecule has 0 aliphatic carbocycles. The van der Waals surface area contributed by atoms with Crippen LogP contribution in [0.4, 0.5) is 10.2 Å². The lowest BCUT2D eigenvalue weighted by molar-refractivity contribution is 0.480. The van der Waals surface area contributed by atoms with E-state index in [1.807, 2.05) is 36.5 Å². The number of fused-ring (bicyclic) bond motifs is 2. The predicted molar refractivity (Wildman–Crippen MR) is 107 cm³/mol. The Balaban J connectivity index is 1.37. The van der Waals surface area contributed by atoms with Crippen LogP contribution < -0.4 is 4.90 Å². The van der Waals surface area contributed by atoms with Crippen LogP contribution in [0.1, 0.15) is 24.6 Å². The number of halogens is 2. The van der Waals surface area contributed by atoms with Gasteiger partial charge < -0.3 is 4.90 Å². The third-order valence-electron chi connectivity index (χ3n) is 5.24. The van der Waals surface area contributed by atoms with Gasteiger partial charge in [0.05, 0.1) is 9.99 Å². The van der Waals surface area contributed by atoms with Gasteiger partial charge in [-0.1, -0.05) is 6.07 Å². The van der Waals surface area contributed by atoms with Crippen molar-refractivity contribution >= 4 is 38.3 Å². The lowest BCUT2D eigenvalue weighted by Crippen LogP contribution is -2.34. The molecule has 0 spiro atoms. The molecule has 0 bridgehead atoms. The second-order valence-electron chi connectivity index (χ2n) is 6.88. The van der Waals surface area contributed by atoms with Gasteiger partial charge in [-0.15, -0.1) is 10.2 Å². The molecule has 5 rings (SSSR count). The van der Waals surface area contributed by atoms with Crippen molar-refractivity contribution in [3.63, 3.8) is 0 Å². The summed E-state index contributed by atoms with van der Waals surface area (Å²) >= 11 is 3.23. The Morgan fingerprint density at radius 2 is 1.89 bits per heavy atom. The smallest absolute Gasteiger partial charge is 0.160 e. The van der Waals surface area contributed by atoms with E-state index in [1.54, 1.807) is 6.07 Å². The molecule has 1 fully saturated rings. The van der Waals surface area contributed by atoms with Crippen molar-refractivity contribution in [1.82, 2.24) is 19.6 Å². The van der Waals surface area contributed by atoms with E-state index < -0.39 is 0 Å². The van der Waals surface area contributed by atoms with Gasteiger partial charge in [-0.2, -0.15) is 0 Å². The number of anilines is 1. The molecule has 0 radical (unpaired) electrons. The van der Waals surface area contributed by atoms with Crippen LogP contribution in [0.5, 0.6) is 0 Å². The topological polar surface area (TPSA) is 46.3 Å². The van der Waals surface area contributed by atoms with E-state index in [4.69, 9.17) is 0 Å². The van der Waals surface area contributed by atoms with E-state index in [0.29, 0.717) is 15.9 Å². The Hall–Kier alpha value is -2.54. The lowest BCUT2D eigenvalue weighted by atomic mass is 9.96. The molecule has 7 heteroatoms. The van der Waals surface area contributed by atoms with E-state index in [0.717, 1.165) is 48.6 Å². The molecule has 136 valence electrons. The standard InChI is InChI=1S/C20H17BrFN5/c21-15-11-14-4-5-18(23-17(14)12-16(15)22)26-9-6-13(7-10-26)20-25-24-19-3-1-2-8-27(19)20/h1-5,8,11-13H,6-7,9-10H2. The second kappa shape index (κ2) is 6.56. The fourth-order valence-corrected chi connectivity index (χ4v) is 4.15. The molecule has 0 atom stereocenters. The first-order valence-electron chi connectivity index (χ1n) is 8.99. The van der Waals surface area contributed by atoms with Gasteiger partial charge in [0.25, 0.3) is 0 Å². The van der Waals surface area contributed by atoms with E-state index >= 15 is 0 Å². The maximum absolute atomic E-state index is 13.8. The molecule has 0 amide bonds. The molecule has 3 aromatic heterocycles. The maximum atomic E-state index is 13.8. The highest BCUT2D eigenvalue weighted by Crippen LogP contribution is 2.30. The van der Waals surface area contributed by atoms with Crippen molar-refractivity contribution in [2.24, 2.45) is 0 Å². The van der Waals surface area contributed by atoms with E-state index in [1.165, 1.54) is 6.07 Å². The Morgan fingerprint density at radius 1 is 1.04 bits per heavy atom. The van der Waals surface area contributed by atoms with Crippen LogP contribution in [-0.4, -0.2) is 32.7 Å². The van der Waals surface area contributed by atoms with Gasteiger partial charge in [0.1, 0.15) is 17.5 Å². The average Bonchev–Trinajstić information content (AvgIpc) is 3.13. The molecule has 0 saturated carbocycles. The van der Waals surface area contributed by atoms with Crippen molar-refractivity contribution in [2.75, 3.05) is 18.0 Å². The summed E-state index contributed by atoms with van der Waals surface area (Å²) in [6.45, 7) is 1.79. The minimum atomic E-state index is -0.287. The number of rotatable bonds is 2. The number of nitrogens with zero attached hydrogens (tertiary/aromatic N) is 5. The fourth-order valence-electron chi connectivity index (χ4n) is 3.79. The minimum Gasteiger partial charge on any atom is -0.357 e. The summed E-state index contributed by atoms with van der Waals surface area (Å²) in [5, 5.41) is 9.60. The minimum absolute atomic E-state index is 0.287. The highest BCUT2D eigenvalue weighted by atomic mass is 79.9. The van der Waals surface area contributed by atoms with Crippen LogP contribution in [0.3, 0.4) is 0 Å². The van der Waals surface area contributed by atoms with Crippen LogP contribution >= 0.6 is 15.9 Å². The monoisotopic (exact) mass is 425 g/mol.